The molecule has 3 atom stereocenters. The normalized spacial score (nSPS) is 27.7. The van der Waals surface area contributed by atoms with Crippen molar-refractivity contribution in [1.82, 2.24) is 15.5 Å². The van der Waals surface area contributed by atoms with Crippen molar-refractivity contribution in [2.75, 3.05) is 6.61 Å². The van der Waals surface area contributed by atoms with Crippen molar-refractivity contribution in [3.05, 3.63) is 35.9 Å². The van der Waals surface area contributed by atoms with Crippen molar-refractivity contribution in [2.45, 2.75) is 69.7 Å². The molecular weight excluding hydrogens is 302 g/mol. The minimum atomic E-state index is -0.100. The van der Waals surface area contributed by atoms with Gasteiger partial charge in [-0.25, -0.2) is 4.79 Å². The molecule has 2 amide bonds. The van der Waals surface area contributed by atoms with E-state index in [1.54, 1.807) is 0 Å². The van der Waals surface area contributed by atoms with Crippen LogP contribution >= 0.6 is 0 Å². The van der Waals surface area contributed by atoms with E-state index in [0.717, 1.165) is 19.4 Å². The molecule has 3 N–H and O–H groups in total. The minimum Gasteiger partial charge on any atom is -0.396 e. The number of nitrogens with zero attached hydrogens (tertiary/aromatic N) is 1. The van der Waals surface area contributed by atoms with E-state index in [4.69, 9.17) is 5.11 Å². The first-order chi connectivity index (χ1) is 11.7. The highest BCUT2D eigenvalue weighted by Gasteiger charge is 2.40. The Morgan fingerprint density at radius 2 is 1.92 bits per heavy atom. The number of carbonyl (C=O) groups is 1. The number of hydrogen-bond donors (Lipinski definition) is 3. The number of fused-ring (bicyclic) bond motifs is 2. The average Bonchev–Trinajstić information content (AvgIpc) is 2.79. The molecule has 2 bridgehead atoms. The van der Waals surface area contributed by atoms with Gasteiger partial charge in [-0.15, -0.1) is 0 Å². The number of benzene rings is 1. The molecule has 3 rings (SSSR count). The number of aliphatic hydroxyl groups is 1. The third kappa shape index (κ3) is 4.28. The van der Waals surface area contributed by atoms with E-state index in [1.807, 2.05) is 6.92 Å². The molecule has 2 aliphatic rings. The molecule has 2 unspecified atom stereocenters. The number of rotatable bonds is 6. The molecule has 2 heterocycles. The number of piperidine rings is 1. The van der Waals surface area contributed by atoms with Crippen LogP contribution in [0.2, 0.25) is 0 Å². The van der Waals surface area contributed by atoms with E-state index >= 15 is 0 Å². The first-order valence-electron chi connectivity index (χ1n) is 9.13. The number of carbonyl (C=O) groups excluding carboxylic acids is 1. The van der Waals surface area contributed by atoms with Gasteiger partial charge >= 0.3 is 6.03 Å². The number of hydrogen-bond acceptors (Lipinski definition) is 3. The van der Waals surface area contributed by atoms with Gasteiger partial charge in [-0.2, -0.15) is 0 Å². The molecule has 24 heavy (non-hydrogen) atoms. The molecule has 0 spiro atoms. The maximum Gasteiger partial charge on any atom is 0.315 e. The van der Waals surface area contributed by atoms with Gasteiger partial charge in [-0.1, -0.05) is 30.3 Å². The third-order valence-corrected chi connectivity index (χ3v) is 5.37. The largest absolute Gasteiger partial charge is 0.396 e. The molecule has 0 saturated carbocycles. The highest BCUT2D eigenvalue weighted by Crippen LogP contribution is 2.36. The van der Waals surface area contributed by atoms with E-state index < -0.39 is 0 Å². The molecule has 2 saturated heterocycles. The lowest BCUT2D eigenvalue weighted by Gasteiger charge is -2.39. The number of urea groups is 1. The Morgan fingerprint density at radius 1 is 1.25 bits per heavy atom. The van der Waals surface area contributed by atoms with Crippen molar-refractivity contribution in [3.8, 4) is 0 Å². The quantitative estimate of drug-likeness (QED) is 0.749. The summed E-state index contributed by atoms with van der Waals surface area (Å²) in [5.74, 6) is 0. The zero-order valence-electron chi connectivity index (χ0n) is 14.4. The molecule has 0 radical (unpaired) electrons. The zero-order valence-corrected chi connectivity index (χ0v) is 14.4. The van der Waals surface area contributed by atoms with Crippen LogP contribution in [-0.4, -0.2) is 46.8 Å². The van der Waals surface area contributed by atoms with Crippen LogP contribution in [0.15, 0.2) is 30.3 Å². The maximum absolute atomic E-state index is 12.1. The van der Waals surface area contributed by atoms with Crippen LogP contribution in [0.4, 0.5) is 4.79 Å². The summed E-state index contributed by atoms with van der Waals surface area (Å²) in [6.45, 7) is 3.04. The molecule has 1 aromatic carbocycles. The molecule has 0 aromatic heterocycles. The Morgan fingerprint density at radius 3 is 2.54 bits per heavy atom. The van der Waals surface area contributed by atoms with Crippen molar-refractivity contribution < 1.29 is 9.90 Å². The lowest BCUT2D eigenvalue weighted by molar-refractivity contribution is 0.111. The predicted octanol–water partition coefficient (Wildman–Crippen LogP) is 2.25. The van der Waals surface area contributed by atoms with Crippen LogP contribution in [-0.2, 0) is 6.54 Å². The third-order valence-electron chi connectivity index (χ3n) is 5.37. The minimum absolute atomic E-state index is 0.00453. The highest BCUT2D eigenvalue weighted by molar-refractivity contribution is 5.74. The number of nitrogens with one attached hydrogen (secondary N) is 2. The van der Waals surface area contributed by atoms with Gasteiger partial charge in [0.15, 0.2) is 0 Å². The Hall–Kier alpha value is -1.59. The Bertz CT molecular complexity index is 523. The molecule has 132 valence electrons. The van der Waals surface area contributed by atoms with E-state index in [9.17, 15) is 4.79 Å². The Kier molecular flexibility index (Phi) is 5.74. The van der Waals surface area contributed by atoms with Gasteiger partial charge in [0.2, 0.25) is 0 Å². The zero-order chi connectivity index (χ0) is 16.9. The summed E-state index contributed by atoms with van der Waals surface area (Å²) in [4.78, 5) is 14.7. The standard InChI is InChI=1S/C19H29N3O2/c1-14(9-10-23)20-19(24)21-16-11-17-7-8-18(12-16)22(17)13-15-5-3-2-4-6-15/h2-6,14,16-18,23H,7-13H2,1H3,(H2,20,21,24)/t14-,16?,17?,18?/m1/s1. The maximum atomic E-state index is 12.1. The second-order valence-electron chi connectivity index (χ2n) is 7.24. The first-order valence-corrected chi connectivity index (χ1v) is 9.13. The van der Waals surface area contributed by atoms with Gasteiger partial charge in [-0.05, 0) is 44.6 Å². The fourth-order valence-electron chi connectivity index (χ4n) is 4.16. The topological polar surface area (TPSA) is 64.6 Å². The lowest BCUT2D eigenvalue weighted by Crippen LogP contribution is -2.52. The summed E-state index contributed by atoms with van der Waals surface area (Å²) in [6, 6.07) is 12.0. The second-order valence-corrected chi connectivity index (χ2v) is 7.24. The smallest absolute Gasteiger partial charge is 0.315 e. The SMILES string of the molecule is C[C@H](CCO)NC(=O)NC1CC2CCC(C1)N2Cc1ccccc1. The summed E-state index contributed by atoms with van der Waals surface area (Å²) in [6.07, 6.45) is 5.13. The van der Waals surface area contributed by atoms with Gasteiger partial charge in [0.25, 0.3) is 0 Å². The van der Waals surface area contributed by atoms with Crippen LogP contribution in [0.5, 0.6) is 0 Å². The van der Waals surface area contributed by atoms with Crippen LogP contribution < -0.4 is 10.6 Å². The molecule has 5 nitrogen and oxygen atoms in total. The number of aliphatic hydroxyl groups excluding tert-OH is 1. The van der Waals surface area contributed by atoms with E-state index in [1.165, 1.54) is 18.4 Å². The molecule has 5 heteroatoms. The summed E-state index contributed by atoms with van der Waals surface area (Å²) in [5.41, 5.74) is 1.37. The molecule has 1 aromatic rings. The summed E-state index contributed by atoms with van der Waals surface area (Å²) in [7, 11) is 0. The van der Waals surface area contributed by atoms with Crippen LogP contribution in [0, 0.1) is 0 Å². The lowest BCUT2D eigenvalue weighted by atomic mass is 9.96. The van der Waals surface area contributed by atoms with Gasteiger partial charge < -0.3 is 15.7 Å². The van der Waals surface area contributed by atoms with Crippen LogP contribution in [0.3, 0.4) is 0 Å². The fraction of sp³-hybridized carbons (Fsp3) is 0.632. The van der Waals surface area contributed by atoms with Crippen LogP contribution in [0.1, 0.15) is 44.6 Å². The van der Waals surface area contributed by atoms with Crippen LogP contribution in [0.25, 0.3) is 0 Å². The Labute approximate surface area is 144 Å². The van der Waals surface area contributed by atoms with Crippen molar-refractivity contribution in [2.24, 2.45) is 0 Å². The van der Waals surface area contributed by atoms with E-state index in [2.05, 4.69) is 45.9 Å². The number of amides is 2. The van der Waals surface area contributed by atoms with Gasteiger partial charge in [-0.3, -0.25) is 4.90 Å². The monoisotopic (exact) mass is 331 g/mol. The van der Waals surface area contributed by atoms with Gasteiger partial charge in [0, 0.05) is 37.3 Å². The van der Waals surface area contributed by atoms with E-state index in [-0.39, 0.29) is 24.7 Å². The van der Waals surface area contributed by atoms with Gasteiger partial charge in [0.05, 0.1) is 0 Å². The van der Waals surface area contributed by atoms with E-state index in [0.29, 0.717) is 18.5 Å². The first kappa shape index (κ1) is 17.2. The summed E-state index contributed by atoms with van der Waals surface area (Å²) >= 11 is 0. The van der Waals surface area contributed by atoms with Gasteiger partial charge in [0.1, 0.15) is 0 Å². The molecule has 2 fully saturated rings. The highest BCUT2D eigenvalue weighted by atomic mass is 16.3. The van der Waals surface area contributed by atoms with Crippen molar-refractivity contribution in [1.29, 1.82) is 0 Å². The van der Waals surface area contributed by atoms with Crippen molar-refractivity contribution in [3.63, 3.8) is 0 Å². The molecule has 2 aliphatic heterocycles. The summed E-state index contributed by atoms with van der Waals surface area (Å²) in [5, 5.41) is 15.0. The second kappa shape index (κ2) is 7.99. The predicted molar refractivity (Wildman–Crippen MR) is 94.6 cm³/mol. The fourth-order valence-corrected chi connectivity index (χ4v) is 4.16. The average molecular weight is 331 g/mol. The Balaban J connectivity index is 1.51. The van der Waals surface area contributed by atoms with Crippen molar-refractivity contribution >= 4 is 6.03 Å². The summed E-state index contributed by atoms with van der Waals surface area (Å²) < 4.78 is 0. The molecular formula is C19H29N3O2. The molecule has 0 aliphatic carbocycles.